The van der Waals surface area contributed by atoms with Gasteiger partial charge in [-0.25, -0.2) is 0 Å². The lowest BCUT2D eigenvalue weighted by Crippen LogP contribution is -2.41. The van der Waals surface area contributed by atoms with Crippen LogP contribution in [-0.2, 0) is 14.0 Å². The number of nitrogens with one attached hydrogen (secondary N) is 1. The Morgan fingerprint density at radius 1 is 1.23 bits per heavy atom. The fraction of sp³-hybridized carbons (Fsp3) is 0.765. The molecule has 0 aromatic heterocycles. The smallest absolute Gasteiger partial charge is 0.400 e. The van der Waals surface area contributed by atoms with Gasteiger partial charge in [0.15, 0.2) is 0 Å². The van der Waals surface area contributed by atoms with E-state index in [-0.39, 0.29) is 24.4 Å². The molecule has 0 amide bonds. The van der Waals surface area contributed by atoms with E-state index in [0.29, 0.717) is 6.04 Å². The maximum Gasteiger partial charge on any atom is 0.490 e. The summed E-state index contributed by atoms with van der Waals surface area (Å²) in [5, 5.41) is 3.43. The highest BCUT2D eigenvalue weighted by atomic mass is 16.7. The Morgan fingerprint density at radius 3 is 2.45 bits per heavy atom. The van der Waals surface area contributed by atoms with Crippen LogP contribution >= 0.6 is 0 Å². The number of hydrogen-bond acceptors (Lipinski definition) is 4. The van der Waals surface area contributed by atoms with E-state index in [4.69, 9.17) is 14.0 Å². The van der Waals surface area contributed by atoms with Gasteiger partial charge in [-0.15, -0.1) is 0 Å². The van der Waals surface area contributed by atoms with E-state index >= 15 is 0 Å². The molecule has 2 fully saturated rings. The van der Waals surface area contributed by atoms with E-state index in [9.17, 15) is 0 Å². The lowest BCUT2D eigenvalue weighted by Gasteiger charge is -2.32. The SMILES string of the molecule is C/C(=C\NC1CC1)C1C=C(B2OC(C)(C)C(C)(C)O2)CCO1. The molecule has 1 N–H and O–H groups in total. The second kappa shape index (κ2) is 5.70. The van der Waals surface area contributed by atoms with Crippen molar-refractivity contribution in [3.05, 3.63) is 23.3 Å². The second-order valence-electron chi connectivity index (χ2n) is 7.70. The fourth-order valence-corrected chi connectivity index (χ4v) is 2.66. The number of ether oxygens (including phenoxy) is 1. The molecule has 22 heavy (non-hydrogen) atoms. The highest BCUT2D eigenvalue weighted by molar-refractivity contribution is 6.54. The van der Waals surface area contributed by atoms with Gasteiger partial charge in [-0.1, -0.05) is 6.08 Å². The van der Waals surface area contributed by atoms with Crippen molar-refractivity contribution in [2.45, 2.75) is 77.2 Å². The summed E-state index contributed by atoms with van der Waals surface area (Å²) >= 11 is 0. The Balaban J connectivity index is 1.69. The molecule has 5 heteroatoms. The zero-order valence-corrected chi connectivity index (χ0v) is 14.4. The Kier molecular flexibility index (Phi) is 4.17. The molecule has 122 valence electrons. The summed E-state index contributed by atoms with van der Waals surface area (Å²) in [6.07, 6.45) is 7.73. The molecule has 4 nitrogen and oxygen atoms in total. The highest BCUT2D eigenvalue weighted by Gasteiger charge is 2.52. The second-order valence-corrected chi connectivity index (χ2v) is 7.70. The van der Waals surface area contributed by atoms with Crippen molar-refractivity contribution in [3.8, 4) is 0 Å². The first kappa shape index (κ1) is 16.1. The molecule has 0 radical (unpaired) electrons. The third kappa shape index (κ3) is 3.26. The van der Waals surface area contributed by atoms with Crippen molar-refractivity contribution in [1.82, 2.24) is 5.32 Å². The Bertz CT molecular complexity index is 478. The normalized spacial score (nSPS) is 31.1. The van der Waals surface area contributed by atoms with Crippen molar-refractivity contribution in [1.29, 1.82) is 0 Å². The van der Waals surface area contributed by atoms with Crippen LogP contribution in [0.15, 0.2) is 23.3 Å². The third-order valence-corrected chi connectivity index (χ3v) is 5.18. The van der Waals surface area contributed by atoms with Gasteiger partial charge < -0.3 is 19.4 Å². The van der Waals surface area contributed by atoms with Gasteiger partial charge in [-0.2, -0.15) is 0 Å². The average Bonchev–Trinajstić information content (AvgIpc) is 3.24. The Labute approximate surface area is 134 Å². The molecular formula is C17H28BNO3. The summed E-state index contributed by atoms with van der Waals surface area (Å²) in [6.45, 7) is 11.2. The van der Waals surface area contributed by atoms with Crippen LogP contribution in [0.4, 0.5) is 0 Å². The van der Waals surface area contributed by atoms with Gasteiger partial charge >= 0.3 is 7.12 Å². The molecule has 1 unspecified atom stereocenters. The zero-order valence-electron chi connectivity index (χ0n) is 14.4. The predicted octanol–water partition coefficient (Wildman–Crippen LogP) is 2.99. The van der Waals surface area contributed by atoms with Crippen molar-refractivity contribution in [2.24, 2.45) is 0 Å². The molecule has 0 bridgehead atoms. The van der Waals surface area contributed by atoms with E-state index in [2.05, 4.69) is 52.2 Å². The zero-order chi connectivity index (χ0) is 16.0. The van der Waals surface area contributed by atoms with E-state index in [0.717, 1.165) is 13.0 Å². The van der Waals surface area contributed by atoms with Crippen LogP contribution in [0.5, 0.6) is 0 Å². The first-order chi connectivity index (χ1) is 10.3. The molecular weight excluding hydrogens is 277 g/mol. The van der Waals surface area contributed by atoms with Crippen LogP contribution in [0.3, 0.4) is 0 Å². The van der Waals surface area contributed by atoms with Crippen molar-refractivity contribution in [3.63, 3.8) is 0 Å². The molecule has 0 spiro atoms. The summed E-state index contributed by atoms with van der Waals surface area (Å²) in [4.78, 5) is 0. The summed E-state index contributed by atoms with van der Waals surface area (Å²) in [5.74, 6) is 0. The van der Waals surface area contributed by atoms with Crippen molar-refractivity contribution < 1.29 is 14.0 Å². The number of rotatable bonds is 4. The Morgan fingerprint density at radius 2 is 1.86 bits per heavy atom. The van der Waals surface area contributed by atoms with Crippen molar-refractivity contribution in [2.75, 3.05) is 6.61 Å². The van der Waals surface area contributed by atoms with E-state index in [1.807, 2.05) is 0 Å². The minimum atomic E-state index is -0.287. The summed E-state index contributed by atoms with van der Waals surface area (Å²) in [7, 11) is -0.249. The van der Waals surface area contributed by atoms with Gasteiger partial charge in [-0.05, 0) is 71.1 Å². The topological polar surface area (TPSA) is 39.7 Å². The molecule has 2 aliphatic heterocycles. The van der Waals surface area contributed by atoms with Crippen molar-refractivity contribution >= 4 is 7.12 Å². The van der Waals surface area contributed by atoms with Gasteiger partial charge in [0.1, 0.15) is 0 Å². The fourth-order valence-electron chi connectivity index (χ4n) is 2.66. The minimum Gasteiger partial charge on any atom is -0.400 e. The van der Waals surface area contributed by atoms with E-state index in [1.165, 1.54) is 23.9 Å². The van der Waals surface area contributed by atoms with Gasteiger partial charge in [0.2, 0.25) is 0 Å². The number of hydrogen-bond donors (Lipinski definition) is 1. The lowest BCUT2D eigenvalue weighted by atomic mass is 9.74. The monoisotopic (exact) mass is 305 g/mol. The van der Waals surface area contributed by atoms with E-state index in [1.54, 1.807) is 0 Å². The first-order valence-corrected chi connectivity index (χ1v) is 8.39. The molecule has 1 aliphatic carbocycles. The molecule has 3 aliphatic rings. The molecule has 1 saturated heterocycles. The minimum absolute atomic E-state index is 0.0222. The van der Waals surface area contributed by atoms with Gasteiger partial charge in [0.05, 0.1) is 23.9 Å². The van der Waals surface area contributed by atoms with Crippen LogP contribution < -0.4 is 5.32 Å². The lowest BCUT2D eigenvalue weighted by molar-refractivity contribution is 0.00578. The van der Waals surface area contributed by atoms with Gasteiger partial charge in [-0.3, -0.25) is 0 Å². The molecule has 0 aromatic carbocycles. The molecule has 0 aromatic rings. The van der Waals surface area contributed by atoms with Gasteiger partial charge in [0.25, 0.3) is 0 Å². The predicted molar refractivity (Wildman–Crippen MR) is 88.4 cm³/mol. The maximum absolute atomic E-state index is 6.16. The largest absolute Gasteiger partial charge is 0.490 e. The van der Waals surface area contributed by atoms with Crippen LogP contribution in [0.1, 0.15) is 53.9 Å². The third-order valence-electron chi connectivity index (χ3n) is 5.18. The molecule has 1 atom stereocenters. The Hall–Kier alpha value is -0.775. The highest BCUT2D eigenvalue weighted by Crippen LogP contribution is 2.39. The first-order valence-electron chi connectivity index (χ1n) is 8.39. The summed E-state index contributed by atoms with van der Waals surface area (Å²) in [5.41, 5.74) is 1.84. The summed E-state index contributed by atoms with van der Waals surface area (Å²) in [6, 6.07) is 0.671. The molecule has 1 saturated carbocycles. The average molecular weight is 305 g/mol. The molecule has 3 rings (SSSR count). The van der Waals surface area contributed by atoms with Gasteiger partial charge in [0, 0.05) is 6.04 Å². The maximum atomic E-state index is 6.16. The quantitative estimate of drug-likeness (QED) is 0.811. The standard InChI is InChI=1S/C17H28BNO3/c1-12(11-19-14-6-7-14)15-10-13(8-9-20-15)18-21-16(2,3)17(4,5)22-18/h10-11,14-15,19H,6-9H2,1-5H3/b12-11+. The van der Waals surface area contributed by atoms with Crippen LogP contribution in [0, 0.1) is 0 Å². The van der Waals surface area contributed by atoms with E-state index < -0.39 is 0 Å². The van der Waals surface area contributed by atoms with Crippen LogP contribution in [0.2, 0.25) is 0 Å². The van der Waals surface area contributed by atoms with Crippen LogP contribution in [0.25, 0.3) is 0 Å². The molecule has 2 heterocycles. The summed E-state index contributed by atoms with van der Waals surface area (Å²) < 4.78 is 18.2. The van der Waals surface area contributed by atoms with Crippen LogP contribution in [-0.4, -0.2) is 37.1 Å².